The first-order chi connectivity index (χ1) is 6.88. The van der Waals surface area contributed by atoms with Crippen LogP contribution in [0, 0.1) is 0 Å². The molecule has 0 spiro atoms. The van der Waals surface area contributed by atoms with Gasteiger partial charge in [0.15, 0.2) is 0 Å². The van der Waals surface area contributed by atoms with Crippen molar-refractivity contribution >= 4 is 16.2 Å². The Morgan fingerprint density at radius 2 is 2.13 bits per heavy atom. The molecule has 0 aliphatic rings. The molecule has 0 saturated carbocycles. The van der Waals surface area contributed by atoms with Crippen LogP contribution in [0.4, 0.5) is 0 Å². The van der Waals surface area contributed by atoms with E-state index in [0.717, 1.165) is 5.78 Å². The van der Waals surface area contributed by atoms with Crippen molar-refractivity contribution in [3.63, 3.8) is 0 Å². The Bertz CT molecular complexity index is 540. The highest BCUT2D eigenvalue weighted by Gasteiger charge is 2.02. The van der Waals surface area contributed by atoms with Crippen LogP contribution in [-0.4, -0.2) is 26.9 Å². The molecule has 15 heavy (non-hydrogen) atoms. The van der Waals surface area contributed by atoms with Gasteiger partial charge in [0.1, 0.15) is 12.4 Å². The summed E-state index contributed by atoms with van der Waals surface area (Å²) >= 11 is 0. The second-order valence-corrected chi connectivity index (χ2v) is 3.52. The van der Waals surface area contributed by atoms with Crippen LogP contribution in [0.1, 0.15) is 0 Å². The summed E-state index contributed by atoms with van der Waals surface area (Å²) in [7, 11) is -2.94. The van der Waals surface area contributed by atoms with E-state index >= 15 is 0 Å². The fourth-order valence-electron chi connectivity index (χ4n) is 1.00. The predicted octanol–water partition coefficient (Wildman–Crippen LogP) is -0.837. The molecule has 0 bridgehead atoms. The van der Waals surface area contributed by atoms with Crippen molar-refractivity contribution in [2.45, 2.75) is 0 Å². The third-order valence-electron chi connectivity index (χ3n) is 1.52. The highest BCUT2D eigenvalue weighted by molar-refractivity contribution is 7.79. The number of rotatable bonds is 0. The van der Waals surface area contributed by atoms with Crippen molar-refractivity contribution in [3.8, 4) is 0 Å². The van der Waals surface area contributed by atoms with Crippen molar-refractivity contribution in [2.75, 3.05) is 0 Å². The first kappa shape index (κ1) is 11.6. The first-order valence-corrected chi connectivity index (χ1v) is 5.20. The summed E-state index contributed by atoms with van der Waals surface area (Å²) < 4.78 is 36.8. The Morgan fingerprint density at radius 3 is 2.67 bits per heavy atom. The molecule has 0 unspecified atom stereocenters. The number of hydrogen-bond donors (Lipinski definition) is 1. The maximum atomic E-state index is 8.63. The normalized spacial score (nSPS) is 10.9. The SMILES string of the molecule is C[n+]1ccn2cccnc21.O=S(=O)([O-])O. The topological polar surface area (TPSA) is 98.6 Å². The molecule has 0 aromatic carbocycles. The Morgan fingerprint density at radius 1 is 1.53 bits per heavy atom. The monoisotopic (exact) mass is 231 g/mol. The van der Waals surface area contributed by atoms with Crippen LogP contribution >= 0.6 is 0 Å². The zero-order chi connectivity index (χ0) is 11.5. The van der Waals surface area contributed by atoms with Crippen molar-refractivity contribution < 1.29 is 22.1 Å². The van der Waals surface area contributed by atoms with Gasteiger partial charge in [-0.15, -0.1) is 0 Å². The van der Waals surface area contributed by atoms with Crippen molar-refractivity contribution in [3.05, 3.63) is 30.9 Å². The quantitative estimate of drug-likeness (QED) is 0.362. The highest BCUT2D eigenvalue weighted by atomic mass is 32.3. The van der Waals surface area contributed by atoms with Gasteiger partial charge >= 0.3 is 5.78 Å². The van der Waals surface area contributed by atoms with E-state index in [9.17, 15) is 0 Å². The second-order valence-electron chi connectivity index (χ2n) is 2.66. The van der Waals surface area contributed by atoms with E-state index in [-0.39, 0.29) is 0 Å². The average molecular weight is 231 g/mol. The first-order valence-electron chi connectivity index (χ1n) is 3.83. The molecule has 0 aliphatic heterocycles. The third kappa shape index (κ3) is 4.02. The standard InChI is InChI=1S/C7H8N3.H2O4S/c1-9-5-6-10-4-2-3-8-7(9)10;1-5(2,3)4/h2-6H,1H3;(H2,1,2,3,4)/q+1;/p-1. The van der Waals surface area contributed by atoms with Crippen LogP contribution < -0.4 is 4.57 Å². The smallest absolute Gasteiger partial charge is 0.402 e. The maximum absolute atomic E-state index is 8.63. The van der Waals surface area contributed by atoms with E-state index in [1.165, 1.54) is 0 Å². The zero-order valence-electron chi connectivity index (χ0n) is 7.81. The summed E-state index contributed by atoms with van der Waals surface area (Å²) in [6, 6.07) is 1.91. The van der Waals surface area contributed by atoms with Gasteiger partial charge in [0.25, 0.3) is 0 Å². The zero-order valence-corrected chi connectivity index (χ0v) is 8.63. The molecule has 0 atom stereocenters. The average Bonchev–Trinajstić information content (AvgIpc) is 2.46. The van der Waals surface area contributed by atoms with Gasteiger partial charge in [-0.05, 0) is 0 Å². The molecule has 1 N–H and O–H groups in total. The van der Waals surface area contributed by atoms with E-state index < -0.39 is 10.4 Å². The molecule has 2 aromatic heterocycles. The highest BCUT2D eigenvalue weighted by Crippen LogP contribution is 1.89. The summed E-state index contributed by atoms with van der Waals surface area (Å²) in [5.74, 6) is 0.961. The summed E-state index contributed by atoms with van der Waals surface area (Å²) in [4.78, 5) is 4.17. The molecule has 2 heterocycles. The van der Waals surface area contributed by atoms with E-state index in [4.69, 9.17) is 17.5 Å². The molecule has 0 saturated heterocycles. The van der Waals surface area contributed by atoms with E-state index in [2.05, 4.69) is 4.98 Å². The van der Waals surface area contributed by atoms with Crippen LogP contribution in [0.15, 0.2) is 30.9 Å². The number of nitrogens with zero attached hydrogens (tertiary/aromatic N) is 3. The molecule has 0 aliphatic carbocycles. The van der Waals surface area contributed by atoms with Gasteiger partial charge in [0.05, 0.1) is 19.4 Å². The lowest BCUT2D eigenvalue weighted by atomic mass is 10.7. The largest absolute Gasteiger partial charge is 0.726 e. The van der Waals surface area contributed by atoms with Crippen molar-refractivity contribution in [1.29, 1.82) is 0 Å². The summed E-state index contributed by atoms with van der Waals surface area (Å²) in [5, 5.41) is 0. The Balaban J connectivity index is 0.000000195. The van der Waals surface area contributed by atoms with Gasteiger partial charge in [0.2, 0.25) is 10.4 Å². The van der Waals surface area contributed by atoms with E-state index in [0.29, 0.717) is 0 Å². The molecule has 82 valence electrons. The van der Waals surface area contributed by atoms with Gasteiger partial charge in [-0.1, -0.05) is 4.98 Å². The second kappa shape index (κ2) is 4.34. The number of fused-ring (bicyclic) bond motifs is 1. The van der Waals surface area contributed by atoms with Crippen LogP contribution in [-0.2, 0) is 17.4 Å². The van der Waals surface area contributed by atoms with Crippen LogP contribution in [0.5, 0.6) is 0 Å². The van der Waals surface area contributed by atoms with Crippen molar-refractivity contribution in [1.82, 2.24) is 9.38 Å². The number of aryl methyl sites for hydroxylation is 1. The van der Waals surface area contributed by atoms with Crippen LogP contribution in [0.2, 0.25) is 0 Å². The van der Waals surface area contributed by atoms with Gasteiger partial charge in [-0.25, -0.2) is 17.4 Å². The molecule has 7 nitrogen and oxygen atoms in total. The van der Waals surface area contributed by atoms with Crippen LogP contribution in [0.3, 0.4) is 0 Å². The van der Waals surface area contributed by atoms with Gasteiger partial charge < -0.3 is 4.55 Å². The summed E-state index contributed by atoms with van der Waals surface area (Å²) in [6.07, 6.45) is 7.71. The lowest BCUT2D eigenvalue weighted by molar-refractivity contribution is -0.646. The molecule has 2 rings (SSSR count). The molecule has 8 heteroatoms. The number of imidazole rings is 1. The molecule has 0 radical (unpaired) electrons. The van der Waals surface area contributed by atoms with Gasteiger partial charge in [0, 0.05) is 6.07 Å². The molecular formula is C7H9N3O4S. The molecule has 0 fully saturated rings. The Hall–Kier alpha value is -1.51. The molecular weight excluding hydrogens is 222 g/mol. The van der Waals surface area contributed by atoms with Crippen molar-refractivity contribution in [2.24, 2.45) is 7.05 Å². The number of aromatic nitrogens is 3. The molecule has 2 aromatic rings. The van der Waals surface area contributed by atoms with Gasteiger partial charge in [-0.3, -0.25) is 4.55 Å². The fourth-order valence-corrected chi connectivity index (χ4v) is 1.00. The van der Waals surface area contributed by atoms with Crippen LogP contribution in [0.25, 0.3) is 5.78 Å². The summed E-state index contributed by atoms with van der Waals surface area (Å²) in [6.45, 7) is 0. The van der Waals surface area contributed by atoms with E-state index in [1.54, 1.807) is 6.20 Å². The lowest BCUT2D eigenvalue weighted by Gasteiger charge is -1.88. The maximum Gasteiger partial charge on any atom is 0.402 e. The molecule has 0 amide bonds. The van der Waals surface area contributed by atoms with Gasteiger partial charge in [-0.2, -0.15) is 0 Å². The van der Waals surface area contributed by atoms with E-state index in [1.807, 2.05) is 40.7 Å². The third-order valence-corrected chi connectivity index (χ3v) is 1.52. The number of hydrogen-bond acceptors (Lipinski definition) is 4. The minimum Gasteiger partial charge on any atom is -0.726 e. The Kier molecular flexibility index (Phi) is 3.35. The summed E-state index contributed by atoms with van der Waals surface area (Å²) in [5.41, 5.74) is 0. The minimum atomic E-state index is -4.92. The minimum absolute atomic E-state index is 0.961. The lowest BCUT2D eigenvalue weighted by Crippen LogP contribution is -2.26. The Labute approximate surface area is 86.2 Å². The fraction of sp³-hybridized carbons (Fsp3) is 0.143. The predicted molar refractivity (Wildman–Crippen MR) is 48.7 cm³/mol.